The number of unbranched alkanes of at least 4 members (excludes halogenated alkanes) is 1. The number of carboxylic acids is 1. The van der Waals surface area contributed by atoms with E-state index in [-0.39, 0.29) is 6.42 Å². The van der Waals surface area contributed by atoms with Gasteiger partial charge in [-0.25, -0.2) is 0 Å². The Morgan fingerprint density at radius 1 is 1.69 bits per heavy atom. The van der Waals surface area contributed by atoms with E-state index in [4.69, 9.17) is 17.3 Å². The Hall–Kier alpha value is -0.290. The summed E-state index contributed by atoms with van der Waals surface area (Å²) in [6.07, 6.45) is 3.04. The molecule has 5 heteroatoms. The molecule has 3 nitrogen and oxygen atoms in total. The van der Waals surface area contributed by atoms with Gasteiger partial charge in [0.25, 0.3) is 0 Å². The lowest BCUT2D eigenvalue weighted by atomic mass is 10.1. The van der Waals surface area contributed by atoms with E-state index in [0.717, 1.165) is 29.3 Å². The van der Waals surface area contributed by atoms with Crippen LogP contribution in [0.4, 0.5) is 0 Å². The average molecular weight is 219 g/mol. The zero-order valence-electron chi connectivity index (χ0n) is 7.28. The largest absolute Gasteiger partial charge is 0.481 e. The quantitative estimate of drug-likeness (QED) is 0.543. The van der Waals surface area contributed by atoms with Gasteiger partial charge in [0, 0.05) is 18.2 Å². The predicted molar refractivity (Wildman–Crippen MR) is 58.1 cm³/mol. The summed E-state index contributed by atoms with van der Waals surface area (Å²) in [5.41, 5.74) is 0. The SMILES string of the molecule is O=C(O)CCCCC1CSC(=S)N1. The molecule has 0 aromatic heterocycles. The van der Waals surface area contributed by atoms with Crippen molar-refractivity contribution in [1.29, 1.82) is 0 Å². The summed E-state index contributed by atoms with van der Waals surface area (Å²) in [7, 11) is 0. The van der Waals surface area contributed by atoms with Crippen LogP contribution >= 0.6 is 24.0 Å². The Morgan fingerprint density at radius 2 is 2.46 bits per heavy atom. The van der Waals surface area contributed by atoms with Crippen LogP contribution < -0.4 is 5.32 Å². The van der Waals surface area contributed by atoms with Crippen molar-refractivity contribution in [3.8, 4) is 0 Å². The lowest BCUT2D eigenvalue weighted by molar-refractivity contribution is -0.137. The summed E-state index contributed by atoms with van der Waals surface area (Å²) in [5.74, 6) is 0.329. The zero-order valence-corrected chi connectivity index (χ0v) is 8.92. The molecule has 0 spiro atoms. The molecule has 74 valence electrons. The molecule has 1 rings (SSSR count). The van der Waals surface area contributed by atoms with Crippen LogP contribution in [0.2, 0.25) is 0 Å². The first kappa shape index (κ1) is 10.8. The van der Waals surface area contributed by atoms with E-state index in [1.807, 2.05) is 0 Å². The van der Waals surface area contributed by atoms with Crippen LogP contribution in [0.25, 0.3) is 0 Å². The number of thioether (sulfide) groups is 1. The van der Waals surface area contributed by atoms with E-state index in [2.05, 4.69) is 5.32 Å². The molecular formula is C8H13NO2S2. The van der Waals surface area contributed by atoms with E-state index in [9.17, 15) is 4.79 Å². The van der Waals surface area contributed by atoms with Gasteiger partial charge in [0.1, 0.15) is 4.32 Å². The number of carbonyl (C=O) groups is 1. The third-order valence-corrected chi connectivity index (χ3v) is 3.35. The highest BCUT2D eigenvalue weighted by atomic mass is 32.2. The topological polar surface area (TPSA) is 49.3 Å². The number of aliphatic carboxylic acids is 1. The maximum Gasteiger partial charge on any atom is 0.303 e. The maximum atomic E-state index is 10.2. The fraction of sp³-hybridized carbons (Fsp3) is 0.750. The molecule has 0 saturated carbocycles. The summed E-state index contributed by atoms with van der Waals surface area (Å²) in [6, 6.07) is 0.464. The minimum Gasteiger partial charge on any atom is -0.481 e. The highest BCUT2D eigenvalue weighted by Gasteiger charge is 2.17. The monoisotopic (exact) mass is 219 g/mol. The molecule has 1 fully saturated rings. The van der Waals surface area contributed by atoms with E-state index in [0.29, 0.717) is 6.04 Å². The number of nitrogens with one attached hydrogen (secondary N) is 1. The second kappa shape index (κ2) is 5.44. The molecule has 0 radical (unpaired) electrons. The van der Waals surface area contributed by atoms with Gasteiger partial charge >= 0.3 is 5.97 Å². The molecule has 1 aliphatic rings. The van der Waals surface area contributed by atoms with Crippen LogP contribution in [0.1, 0.15) is 25.7 Å². The summed E-state index contributed by atoms with van der Waals surface area (Å²) >= 11 is 6.65. The first-order valence-corrected chi connectivity index (χ1v) is 5.73. The standard InChI is InChI=1S/C8H13NO2S2/c10-7(11)4-2-1-3-6-5-13-8(12)9-6/h6H,1-5H2,(H,9,12)(H,10,11). The minimum absolute atomic E-state index is 0.282. The van der Waals surface area contributed by atoms with Crippen molar-refractivity contribution in [3.63, 3.8) is 0 Å². The number of hydrogen-bond acceptors (Lipinski definition) is 3. The molecule has 1 atom stereocenters. The summed E-state index contributed by atoms with van der Waals surface area (Å²) in [5, 5.41) is 11.6. The Morgan fingerprint density at radius 3 is 3.00 bits per heavy atom. The van der Waals surface area contributed by atoms with Gasteiger partial charge in [0.2, 0.25) is 0 Å². The molecule has 1 unspecified atom stereocenters. The fourth-order valence-corrected chi connectivity index (χ4v) is 2.47. The van der Waals surface area contributed by atoms with Crippen LogP contribution in [0.5, 0.6) is 0 Å². The highest BCUT2D eigenvalue weighted by Crippen LogP contribution is 2.17. The first-order chi connectivity index (χ1) is 6.18. The minimum atomic E-state index is -0.704. The maximum absolute atomic E-state index is 10.2. The molecule has 1 aliphatic heterocycles. The van der Waals surface area contributed by atoms with E-state index in [1.54, 1.807) is 11.8 Å². The summed E-state index contributed by atoms with van der Waals surface area (Å²) < 4.78 is 0.878. The molecule has 0 amide bonds. The van der Waals surface area contributed by atoms with Crippen molar-refractivity contribution in [2.24, 2.45) is 0 Å². The van der Waals surface area contributed by atoms with Crippen molar-refractivity contribution in [2.75, 3.05) is 5.75 Å². The number of hydrogen-bond donors (Lipinski definition) is 2. The zero-order chi connectivity index (χ0) is 9.68. The van der Waals surface area contributed by atoms with Crippen LogP contribution in [0.15, 0.2) is 0 Å². The van der Waals surface area contributed by atoms with Gasteiger partial charge in [0.05, 0.1) is 0 Å². The molecule has 13 heavy (non-hydrogen) atoms. The summed E-state index contributed by atoms with van der Waals surface area (Å²) in [6.45, 7) is 0. The Labute approximate surface area is 87.3 Å². The third kappa shape index (κ3) is 4.47. The van der Waals surface area contributed by atoms with Gasteiger partial charge in [-0.05, 0) is 12.8 Å². The molecule has 0 aliphatic carbocycles. The average Bonchev–Trinajstić information content (AvgIpc) is 2.45. The van der Waals surface area contributed by atoms with Crippen LogP contribution in [-0.2, 0) is 4.79 Å². The van der Waals surface area contributed by atoms with Crippen molar-refractivity contribution >= 4 is 34.3 Å². The number of rotatable bonds is 5. The van der Waals surface area contributed by atoms with Crippen LogP contribution in [0, 0.1) is 0 Å². The first-order valence-electron chi connectivity index (χ1n) is 4.33. The lowest BCUT2D eigenvalue weighted by Crippen LogP contribution is -2.25. The van der Waals surface area contributed by atoms with Crippen molar-refractivity contribution in [1.82, 2.24) is 5.32 Å². The lowest BCUT2D eigenvalue weighted by Gasteiger charge is -2.07. The Balaban J connectivity index is 2.00. The van der Waals surface area contributed by atoms with Crippen molar-refractivity contribution < 1.29 is 9.90 Å². The summed E-state index contributed by atoms with van der Waals surface area (Å²) in [4.78, 5) is 10.2. The fourth-order valence-electron chi connectivity index (χ4n) is 1.25. The highest BCUT2D eigenvalue weighted by molar-refractivity contribution is 8.23. The molecule has 0 bridgehead atoms. The third-order valence-electron chi connectivity index (χ3n) is 1.93. The van der Waals surface area contributed by atoms with Gasteiger partial charge in [0.15, 0.2) is 0 Å². The molecule has 0 aromatic carbocycles. The molecule has 1 heterocycles. The van der Waals surface area contributed by atoms with Gasteiger partial charge in [-0.3, -0.25) is 4.79 Å². The predicted octanol–water partition coefficient (Wildman–Crippen LogP) is 1.62. The van der Waals surface area contributed by atoms with Crippen LogP contribution in [0.3, 0.4) is 0 Å². The van der Waals surface area contributed by atoms with E-state index >= 15 is 0 Å². The normalized spacial score (nSPS) is 21.5. The van der Waals surface area contributed by atoms with E-state index < -0.39 is 5.97 Å². The second-order valence-corrected chi connectivity index (χ2v) is 4.78. The Kier molecular flexibility index (Phi) is 4.52. The van der Waals surface area contributed by atoms with Gasteiger partial charge in [-0.15, -0.1) is 0 Å². The smallest absolute Gasteiger partial charge is 0.303 e. The van der Waals surface area contributed by atoms with Crippen molar-refractivity contribution in [2.45, 2.75) is 31.7 Å². The van der Waals surface area contributed by atoms with Gasteiger partial charge in [-0.1, -0.05) is 30.4 Å². The van der Waals surface area contributed by atoms with E-state index in [1.165, 1.54) is 0 Å². The van der Waals surface area contributed by atoms with Crippen LogP contribution in [-0.4, -0.2) is 27.2 Å². The Bertz CT molecular complexity index is 208. The molecule has 0 aromatic rings. The molecule has 1 saturated heterocycles. The van der Waals surface area contributed by atoms with Gasteiger partial charge in [-0.2, -0.15) is 0 Å². The molecule has 2 N–H and O–H groups in total. The number of carboxylic acid groups (broad SMARTS) is 1. The molecular weight excluding hydrogens is 206 g/mol. The number of thiocarbonyl (C=S) groups is 1. The second-order valence-electron chi connectivity index (χ2n) is 3.08. The van der Waals surface area contributed by atoms with Crippen molar-refractivity contribution in [3.05, 3.63) is 0 Å². The van der Waals surface area contributed by atoms with Gasteiger partial charge < -0.3 is 10.4 Å².